The monoisotopic (exact) mass is 326 g/mol. The topological polar surface area (TPSA) is 43.1 Å². The van der Waals surface area contributed by atoms with Crippen LogP contribution >= 0.6 is 22.7 Å². The average molecular weight is 326 g/mol. The predicted octanol–water partition coefficient (Wildman–Crippen LogP) is 3.57. The van der Waals surface area contributed by atoms with E-state index < -0.39 is 17.1 Å². The Kier molecular flexibility index (Phi) is 2.80. The van der Waals surface area contributed by atoms with Crippen molar-refractivity contribution in [1.82, 2.24) is 19.8 Å². The number of thiophene rings is 1. The number of rotatable bonds is 2. The average Bonchev–Trinajstić information content (AvgIpc) is 3.02. The molecule has 0 amide bonds. The fraction of sp³-hybridized carbons (Fsp3) is 0.222. The summed E-state index contributed by atoms with van der Waals surface area (Å²) in [5, 5.41) is 12.6. The molecule has 0 fully saturated rings. The van der Waals surface area contributed by atoms with Crippen LogP contribution in [-0.4, -0.2) is 26.0 Å². The minimum atomic E-state index is -5.70. The van der Waals surface area contributed by atoms with E-state index in [2.05, 4.69) is 15.3 Å². The van der Waals surface area contributed by atoms with Crippen LogP contribution in [0.3, 0.4) is 0 Å². The van der Waals surface area contributed by atoms with Gasteiger partial charge in [0.05, 0.1) is 0 Å². The van der Waals surface area contributed by atoms with Crippen LogP contribution in [-0.2, 0) is 5.92 Å². The first kappa shape index (κ1) is 13.4. The summed E-state index contributed by atoms with van der Waals surface area (Å²) in [7, 11) is 0. The summed E-state index contributed by atoms with van der Waals surface area (Å²) >= 11 is 1.49. The zero-order chi connectivity index (χ0) is 14.5. The zero-order valence-corrected chi connectivity index (χ0v) is 10.9. The molecule has 20 heavy (non-hydrogen) atoms. The van der Waals surface area contributed by atoms with Crippen LogP contribution in [0.2, 0.25) is 0 Å². The third-order valence-corrected chi connectivity index (χ3v) is 4.05. The van der Waals surface area contributed by atoms with Gasteiger partial charge in [-0.3, -0.25) is 0 Å². The summed E-state index contributed by atoms with van der Waals surface area (Å²) in [6.45, 7) is 0. The Morgan fingerprint density at radius 3 is 2.45 bits per heavy atom. The second-order valence-electron chi connectivity index (χ2n) is 3.71. The second kappa shape index (κ2) is 4.19. The Morgan fingerprint density at radius 1 is 1.10 bits per heavy atom. The van der Waals surface area contributed by atoms with Gasteiger partial charge in [-0.1, -0.05) is 11.3 Å². The van der Waals surface area contributed by atoms with Crippen LogP contribution in [0.1, 0.15) is 5.01 Å². The molecule has 0 saturated heterocycles. The van der Waals surface area contributed by atoms with E-state index in [1.807, 2.05) is 0 Å². The summed E-state index contributed by atoms with van der Waals surface area (Å²) in [5.74, 6) is -4.88. The molecule has 0 aliphatic rings. The number of hydrogen-bond donors (Lipinski definition) is 0. The van der Waals surface area contributed by atoms with Crippen LogP contribution in [0.5, 0.6) is 0 Å². The van der Waals surface area contributed by atoms with Crippen LogP contribution < -0.4 is 0 Å². The molecule has 0 radical (unpaired) electrons. The molecule has 0 atom stereocenters. The molecule has 3 heterocycles. The van der Waals surface area contributed by atoms with Gasteiger partial charge in [0.2, 0.25) is 4.96 Å². The van der Waals surface area contributed by atoms with Gasteiger partial charge in [0, 0.05) is 10.9 Å². The number of aromatic nitrogens is 4. The maximum Gasteiger partial charge on any atom is 0.460 e. The van der Waals surface area contributed by atoms with Gasteiger partial charge >= 0.3 is 12.1 Å². The molecule has 0 aliphatic heterocycles. The molecule has 0 unspecified atom stereocenters. The van der Waals surface area contributed by atoms with E-state index in [0.717, 1.165) is 4.52 Å². The maximum atomic E-state index is 13.2. The van der Waals surface area contributed by atoms with Crippen molar-refractivity contribution in [2.75, 3.05) is 0 Å². The van der Waals surface area contributed by atoms with Gasteiger partial charge < -0.3 is 0 Å². The number of alkyl halides is 5. The van der Waals surface area contributed by atoms with E-state index in [0.29, 0.717) is 5.56 Å². The van der Waals surface area contributed by atoms with Crippen molar-refractivity contribution in [1.29, 1.82) is 0 Å². The van der Waals surface area contributed by atoms with Crippen molar-refractivity contribution in [2.45, 2.75) is 12.1 Å². The van der Waals surface area contributed by atoms with E-state index >= 15 is 0 Å². The minimum Gasteiger partial charge on any atom is -0.188 e. The van der Waals surface area contributed by atoms with E-state index in [1.54, 1.807) is 16.8 Å². The first-order chi connectivity index (χ1) is 9.30. The lowest BCUT2D eigenvalue weighted by molar-refractivity contribution is -0.289. The lowest BCUT2D eigenvalue weighted by atomic mass is 10.3. The van der Waals surface area contributed by atoms with Crippen LogP contribution in [0, 0.1) is 0 Å². The van der Waals surface area contributed by atoms with Crippen molar-refractivity contribution in [3.05, 3.63) is 21.8 Å². The summed E-state index contributed by atoms with van der Waals surface area (Å²) in [4.78, 5) is -0.120. The normalized spacial score (nSPS) is 13.2. The fourth-order valence-corrected chi connectivity index (χ4v) is 2.91. The van der Waals surface area contributed by atoms with Crippen molar-refractivity contribution in [3.63, 3.8) is 0 Å². The van der Waals surface area contributed by atoms with E-state index in [1.165, 1.54) is 11.3 Å². The van der Waals surface area contributed by atoms with Crippen molar-refractivity contribution >= 4 is 27.6 Å². The Balaban J connectivity index is 2.14. The molecule has 106 valence electrons. The van der Waals surface area contributed by atoms with E-state index in [9.17, 15) is 22.0 Å². The van der Waals surface area contributed by atoms with Crippen molar-refractivity contribution in [2.24, 2.45) is 0 Å². The third-order valence-electron chi connectivity index (χ3n) is 2.39. The molecule has 0 saturated carbocycles. The summed E-state index contributed by atoms with van der Waals surface area (Å²) < 4.78 is 64.2. The highest BCUT2D eigenvalue weighted by atomic mass is 32.1. The SMILES string of the molecule is FC(F)(F)C(F)(F)c1nn2c(-c3ccsc3)nnc2s1. The first-order valence-electron chi connectivity index (χ1n) is 5.00. The molecule has 0 spiro atoms. The first-order valence-corrected chi connectivity index (χ1v) is 6.76. The molecule has 0 N–H and O–H groups in total. The molecule has 3 aromatic heterocycles. The number of halogens is 5. The Labute approximate surface area is 115 Å². The largest absolute Gasteiger partial charge is 0.460 e. The van der Waals surface area contributed by atoms with Gasteiger partial charge in [-0.15, -0.1) is 10.2 Å². The lowest BCUT2D eigenvalue weighted by Gasteiger charge is -2.15. The Bertz CT molecular complexity index is 742. The smallest absolute Gasteiger partial charge is 0.188 e. The van der Waals surface area contributed by atoms with Crippen LogP contribution in [0.4, 0.5) is 22.0 Å². The lowest BCUT2D eigenvalue weighted by Crippen LogP contribution is -2.33. The highest BCUT2D eigenvalue weighted by Gasteiger charge is 2.61. The summed E-state index contributed by atoms with van der Waals surface area (Å²) in [6, 6.07) is 1.64. The Hall–Kier alpha value is -1.62. The van der Waals surface area contributed by atoms with E-state index in [-0.39, 0.29) is 22.1 Å². The molecular formula is C9H3F5N4S2. The standard InChI is InChI=1S/C9H3F5N4S2/c10-8(11,9(12,13)14)6-17-18-5(4-1-2-19-3-4)15-16-7(18)20-6/h1-3H. The van der Waals surface area contributed by atoms with Crippen molar-refractivity contribution < 1.29 is 22.0 Å². The van der Waals surface area contributed by atoms with Crippen molar-refractivity contribution in [3.8, 4) is 11.4 Å². The molecule has 11 heteroatoms. The fourth-order valence-electron chi connectivity index (χ4n) is 1.44. The second-order valence-corrected chi connectivity index (χ2v) is 5.45. The highest BCUT2D eigenvalue weighted by molar-refractivity contribution is 7.16. The zero-order valence-electron chi connectivity index (χ0n) is 9.23. The number of hydrogen-bond acceptors (Lipinski definition) is 5. The molecule has 0 aromatic carbocycles. The quantitative estimate of drug-likeness (QED) is 0.676. The molecule has 3 aromatic rings. The van der Waals surface area contributed by atoms with E-state index in [4.69, 9.17) is 0 Å². The van der Waals surface area contributed by atoms with Gasteiger partial charge in [-0.25, -0.2) is 0 Å². The van der Waals surface area contributed by atoms with Gasteiger partial charge in [0.15, 0.2) is 10.8 Å². The molecule has 4 nitrogen and oxygen atoms in total. The van der Waals surface area contributed by atoms with Gasteiger partial charge in [-0.05, 0) is 11.4 Å². The molecular weight excluding hydrogens is 323 g/mol. The van der Waals surface area contributed by atoms with Crippen LogP contribution in [0.25, 0.3) is 16.3 Å². The van der Waals surface area contributed by atoms with Crippen LogP contribution in [0.15, 0.2) is 16.8 Å². The predicted molar refractivity (Wildman–Crippen MR) is 61.9 cm³/mol. The molecule has 3 rings (SSSR count). The van der Waals surface area contributed by atoms with Gasteiger partial charge in [0.1, 0.15) is 0 Å². The number of fused-ring (bicyclic) bond motifs is 1. The Morgan fingerprint density at radius 2 is 1.85 bits per heavy atom. The summed E-state index contributed by atoms with van der Waals surface area (Å²) in [6.07, 6.45) is -5.70. The maximum absolute atomic E-state index is 13.2. The van der Waals surface area contributed by atoms with Gasteiger partial charge in [-0.2, -0.15) is 42.9 Å². The minimum absolute atomic E-state index is 0.120. The molecule has 0 aliphatic carbocycles. The third kappa shape index (κ3) is 1.88. The summed E-state index contributed by atoms with van der Waals surface area (Å²) in [5.41, 5.74) is 0.551. The number of nitrogens with zero attached hydrogens (tertiary/aromatic N) is 4. The molecule has 0 bridgehead atoms. The van der Waals surface area contributed by atoms with Gasteiger partial charge in [0.25, 0.3) is 0 Å². The highest BCUT2D eigenvalue weighted by Crippen LogP contribution is 2.45.